The van der Waals surface area contributed by atoms with Crippen LogP contribution in [0.1, 0.15) is 18.4 Å². The number of hydrogen-bond acceptors (Lipinski definition) is 3. The highest BCUT2D eigenvalue weighted by Crippen LogP contribution is 2.48. The molecule has 0 aliphatic heterocycles. The molecule has 1 aromatic rings. The minimum Gasteiger partial charge on any atom is -0.503 e. The zero-order valence-electron chi connectivity index (χ0n) is 8.80. The Balaban J connectivity index is 2.46. The molecule has 0 spiro atoms. The molecule has 0 unspecified atom stereocenters. The highest BCUT2D eigenvalue weighted by molar-refractivity contribution is 9.10. The first-order valence-corrected chi connectivity index (χ1v) is 5.68. The largest absolute Gasteiger partial charge is 0.503 e. The molecular weight excluding hydrogens is 258 g/mol. The second-order valence-electron chi connectivity index (χ2n) is 3.84. The Hall–Kier alpha value is -0.740. The van der Waals surface area contributed by atoms with Gasteiger partial charge in [0.15, 0.2) is 11.5 Å². The molecule has 2 N–H and O–H groups in total. The van der Waals surface area contributed by atoms with E-state index < -0.39 is 0 Å². The van der Waals surface area contributed by atoms with E-state index >= 15 is 0 Å². The fraction of sp³-hybridized carbons (Fsp3) is 0.455. The van der Waals surface area contributed by atoms with Crippen molar-refractivity contribution in [3.63, 3.8) is 0 Å². The number of nitrogens with one attached hydrogen (secondary N) is 1. The summed E-state index contributed by atoms with van der Waals surface area (Å²) < 4.78 is 5.81. The Labute approximate surface area is 97.6 Å². The summed E-state index contributed by atoms with van der Waals surface area (Å²) >= 11 is 3.33. The number of aromatic hydroxyl groups is 1. The van der Waals surface area contributed by atoms with Crippen molar-refractivity contribution in [2.75, 3.05) is 14.2 Å². The zero-order chi connectivity index (χ0) is 11.1. The molecule has 0 radical (unpaired) electrons. The lowest BCUT2D eigenvalue weighted by Gasteiger charge is -2.17. The van der Waals surface area contributed by atoms with E-state index in [-0.39, 0.29) is 11.3 Å². The van der Waals surface area contributed by atoms with Crippen molar-refractivity contribution >= 4 is 15.9 Å². The minimum atomic E-state index is 0.0868. The SMILES string of the molecule is CNC1(c2cc(Br)c(O)c(OC)c2)CC1. The number of ether oxygens (including phenoxy) is 1. The quantitative estimate of drug-likeness (QED) is 0.887. The van der Waals surface area contributed by atoms with Gasteiger partial charge in [-0.05, 0) is 53.5 Å². The molecule has 1 saturated carbocycles. The maximum atomic E-state index is 9.69. The van der Waals surface area contributed by atoms with Crippen molar-refractivity contribution in [3.05, 3.63) is 22.2 Å². The standard InChI is InChI=1S/C11H14BrNO2/c1-13-11(3-4-11)7-5-8(12)10(14)9(6-7)15-2/h5-6,13-14H,3-4H2,1-2H3. The number of hydrogen-bond donors (Lipinski definition) is 2. The fourth-order valence-corrected chi connectivity index (χ4v) is 2.26. The van der Waals surface area contributed by atoms with Crippen LogP contribution >= 0.6 is 15.9 Å². The van der Waals surface area contributed by atoms with Gasteiger partial charge in [0, 0.05) is 5.54 Å². The number of rotatable bonds is 3. The lowest BCUT2D eigenvalue weighted by molar-refractivity contribution is 0.370. The van der Waals surface area contributed by atoms with Gasteiger partial charge in [-0.2, -0.15) is 0 Å². The molecule has 82 valence electrons. The number of benzene rings is 1. The van der Waals surface area contributed by atoms with E-state index in [1.54, 1.807) is 7.11 Å². The van der Waals surface area contributed by atoms with Gasteiger partial charge in [-0.3, -0.25) is 0 Å². The minimum absolute atomic E-state index is 0.0868. The van der Waals surface area contributed by atoms with Gasteiger partial charge in [0.1, 0.15) is 0 Å². The molecule has 0 saturated heterocycles. The van der Waals surface area contributed by atoms with E-state index in [0.717, 1.165) is 18.4 Å². The Morgan fingerprint density at radius 1 is 1.47 bits per heavy atom. The summed E-state index contributed by atoms with van der Waals surface area (Å²) in [7, 11) is 3.52. The molecule has 3 nitrogen and oxygen atoms in total. The van der Waals surface area contributed by atoms with Crippen LogP contribution in [0, 0.1) is 0 Å². The van der Waals surface area contributed by atoms with Crippen LogP contribution in [-0.4, -0.2) is 19.3 Å². The van der Waals surface area contributed by atoms with Crippen molar-refractivity contribution in [2.45, 2.75) is 18.4 Å². The van der Waals surface area contributed by atoms with Crippen LogP contribution in [0.3, 0.4) is 0 Å². The maximum absolute atomic E-state index is 9.69. The molecule has 0 heterocycles. The first-order chi connectivity index (χ1) is 7.13. The number of phenols is 1. The van der Waals surface area contributed by atoms with Gasteiger partial charge in [-0.25, -0.2) is 0 Å². The van der Waals surface area contributed by atoms with E-state index in [9.17, 15) is 5.11 Å². The third-order valence-corrected chi connectivity index (χ3v) is 3.63. The molecule has 1 aliphatic rings. The maximum Gasteiger partial charge on any atom is 0.172 e. The second kappa shape index (κ2) is 3.68. The van der Waals surface area contributed by atoms with Gasteiger partial charge in [-0.15, -0.1) is 0 Å². The van der Waals surface area contributed by atoms with Crippen molar-refractivity contribution in [1.29, 1.82) is 0 Å². The number of phenolic OH excluding ortho intramolecular Hbond substituents is 1. The molecule has 1 aromatic carbocycles. The smallest absolute Gasteiger partial charge is 0.172 e. The molecule has 4 heteroatoms. The number of methoxy groups -OCH3 is 1. The topological polar surface area (TPSA) is 41.5 Å². The van der Waals surface area contributed by atoms with Crippen molar-refractivity contribution < 1.29 is 9.84 Å². The molecule has 0 aromatic heterocycles. The van der Waals surface area contributed by atoms with Crippen LogP contribution in [0.25, 0.3) is 0 Å². The van der Waals surface area contributed by atoms with Crippen molar-refractivity contribution in [3.8, 4) is 11.5 Å². The van der Waals surface area contributed by atoms with E-state index in [1.165, 1.54) is 0 Å². The fourth-order valence-electron chi connectivity index (χ4n) is 1.81. The third kappa shape index (κ3) is 1.72. The first-order valence-electron chi connectivity index (χ1n) is 4.89. The van der Waals surface area contributed by atoms with Crippen LogP contribution in [0.2, 0.25) is 0 Å². The van der Waals surface area contributed by atoms with Gasteiger partial charge >= 0.3 is 0 Å². The molecule has 0 amide bonds. The molecule has 2 rings (SSSR count). The molecule has 0 atom stereocenters. The van der Waals surface area contributed by atoms with E-state index in [2.05, 4.69) is 21.2 Å². The van der Waals surface area contributed by atoms with Crippen LogP contribution in [0.4, 0.5) is 0 Å². The molecular formula is C11H14BrNO2. The lowest BCUT2D eigenvalue weighted by Crippen LogP contribution is -2.24. The highest BCUT2D eigenvalue weighted by Gasteiger charge is 2.43. The van der Waals surface area contributed by atoms with Gasteiger partial charge in [-0.1, -0.05) is 0 Å². The summed E-state index contributed by atoms with van der Waals surface area (Å²) in [4.78, 5) is 0. The van der Waals surface area contributed by atoms with Gasteiger partial charge < -0.3 is 15.2 Å². The van der Waals surface area contributed by atoms with E-state index in [4.69, 9.17) is 4.74 Å². The molecule has 1 fully saturated rings. The van der Waals surface area contributed by atoms with Crippen LogP contribution in [0.15, 0.2) is 16.6 Å². The first kappa shape index (κ1) is 10.8. The van der Waals surface area contributed by atoms with E-state index in [0.29, 0.717) is 10.2 Å². The average Bonchev–Trinajstić information content (AvgIpc) is 3.02. The molecule has 1 aliphatic carbocycles. The van der Waals surface area contributed by atoms with Crippen LogP contribution in [-0.2, 0) is 5.54 Å². The Morgan fingerprint density at radius 3 is 2.60 bits per heavy atom. The van der Waals surface area contributed by atoms with Gasteiger partial charge in [0.2, 0.25) is 0 Å². The zero-order valence-corrected chi connectivity index (χ0v) is 10.4. The van der Waals surface area contributed by atoms with Crippen LogP contribution in [0.5, 0.6) is 11.5 Å². The predicted molar refractivity (Wildman–Crippen MR) is 62.3 cm³/mol. The van der Waals surface area contributed by atoms with Gasteiger partial charge in [0.25, 0.3) is 0 Å². The Bertz CT molecular complexity index is 388. The summed E-state index contributed by atoms with van der Waals surface area (Å²) in [5.41, 5.74) is 1.25. The average molecular weight is 272 g/mol. The van der Waals surface area contributed by atoms with Crippen molar-refractivity contribution in [2.24, 2.45) is 0 Å². The third-order valence-electron chi connectivity index (χ3n) is 3.03. The molecule has 15 heavy (non-hydrogen) atoms. The monoisotopic (exact) mass is 271 g/mol. The summed E-state index contributed by atoms with van der Waals surface area (Å²) in [5.74, 6) is 0.675. The Morgan fingerprint density at radius 2 is 2.13 bits per heavy atom. The number of halogens is 1. The highest BCUT2D eigenvalue weighted by atomic mass is 79.9. The van der Waals surface area contributed by atoms with E-state index in [1.807, 2.05) is 19.2 Å². The summed E-state index contributed by atoms with van der Waals surface area (Å²) in [5, 5.41) is 13.0. The Kier molecular flexibility index (Phi) is 2.64. The summed E-state index contributed by atoms with van der Waals surface area (Å²) in [6, 6.07) is 3.84. The lowest BCUT2D eigenvalue weighted by atomic mass is 10.0. The van der Waals surface area contributed by atoms with Gasteiger partial charge in [0.05, 0.1) is 11.6 Å². The summed E-state index contributed by atoms with van der Waals surface area (Å²) in [6.07, 6.45) is 2.26. The van der Waals surface area contributed by atoms with Crippen LogP contribution < -0.4 is 10.1 Å². The second-order valence-corrected chi connectivity index (χ2v) is 4.70. The summed E-state index contributed by atoms with van der Waals surface area (Å²) in [6.45, 7) is 0. The molecule has 0 bridgehead atoms. The normalized spacial score (nSPS) is 17.5. The predicted octanol–water partition coefficient (Wildman–Crippen LogP) is 2.37. The van der Waals surface area contributed by atoms with Crippen molar-refractivity contribution in [1.82, 2.24) is 5.32 Å².